The van der Waals surface area contributed by atoms with Gasteiger partial charge in [-0.2, -0.15) is 0 Å². The van der Waals surface area contributed by atoms with E-state index in [-0.39, 0.29) is 0 Å². The Morgan fingerprint density at radius 2 is 1.77 bits per heavy atom. The summed E-state index contributed by atoms with van der Waals surface area (Å²) in [7, 11) is 0. The number of hydrogen-bond donors (Lipinski definition) is 1. The van der Waals surface area contributed by atoms with Crippen LogP contribution in [0.2, 0.25) is 0 Å². The zero-order valence-corrected chi connectivity index (χ0v) is 14.5. The van der Waals surface area contributed by atoms with Gasteiger partial charge in [0.05, 0.1) is 0 Å². The summed E-state index contributed by atoms with van der Waals surface area (Å²) < 4.78 is 0. The van der Waals surface area contributed by atoms with Crippen LogP contribution < -0.4 is 5.32 Å². The Hall–Kier alpha value is -0.980. The molecule has 0 bridgehead atoms. The molecule has 122 valence electrons. The van der Waals surface area contributed by atoms with Crippen LogP contribution in [0.5, 0.6) is 0 Å². The Bertz CT molecular complexity index is 460. The molecule has 2 aliphatic carbocycles. The zero-order valence-electron chi connectivity index (χ0n) is 14.5. The third kappa shape index (κ3) is 2.79. The second kappa shape index (κ2) is 7.06. The number of allylic oxidation sites excluding steroid dienone is 4. The molecule has 22 heavy (non-hydrogen) atoms. The highest BCUT2D eigenvalue weighted by Gasteiger charge is 2.48. The third-order valence-corrected chi connectivity index (χ3v) is 6.04. The van der Waals surface area contributed by atoms with Gasteiger partial charge in [-0.15, -0.1) is 0 Å². The zero-order chi connectivity index (χ0) is 15.4. The maximum absolute atomic E-state index is 3.91. The van der Waals surface area contributed by atoms with Crippen LogP contribution in [0.3, 0.4) is 0 Å². The predicted molar refractivity (Wildman–Crippen MR) is 95.7 cm³/mol. The van der Waals surface area contributed by atoms with E-state index >= 15 is 0 Å². The number of nitrogens with one attached hydrogen (secondary N) is 1. The van der Waals surface area contributed by atoms with E-state index in [9.17, 15) is 0 Å². The first kappa shape index (κ1) is 15.9. The van der Waals surface area contributed by atoms with Crippen molar-refractivity contribution in [3.05, 3.63) is 35.6 Å². The first-order valence-corrected chi connectivity index (χ1v) is 9.66. The fourth-order valence-electron chi connectivity index (χ4n) is 4.94. The van der Waals surface area contributed by atoms with E-state index in [1.165, 1.54) is 69.9 Å². The average molecular weight is 300 g/mol. The molecule has 0 spiro atoms. The van der Waals surface area contributed by atoms with Gasteiger partial charge >= 0.3 is 0 Å². The lowest BCUT2D eigenvalue weighted by atomic mass is 9.57. The molecule has 0 amide bonds. The molecule has 3 aliphatic rings. The van der Waals surface area contributed by atoms with Crippen LogP contribution in [0.25, 0.3) is 0 Å². The Morgan fingerprint density at radius 1 is 1.05 bits per heavy atom. The van der Waals surface area contributed by atoms with Crippen molar-refractivity contribution in [2.24, 2.45) is 11.3 Å². The number of fused-ring (bicyclic) bond motifs is 2. The van der Waals surface area contributed by atoms with E-state index in [0.29, 0.717) is 17.4 Å². The van der Waals surface area contributed by atoms with Crippen molar-refractivity contribution in [2.75, 3.05) is 0 Å². The minimum absolute atomic E-state index is 0.408. The summed E-state index contributed by atoms with van der Waals surface area (Å²) in [4.78, 5) is 0. The van der Waals surface area contributed by atoms with Gasteiger partial charge in [-0.25, -0.2) is 0 Å². The Balaban J connectivity index is 2.01. The molecule has 0 aromatic carbocycles. The SMILES string of the molecule is CCCCC1(CCCC)C2=CCCC=C2NC2CCC=CC21. The first-order chi connectivity index (χ1) is 10.8. The summed E-state index contributed by atoms with van der Waals surface area (Å²) in [6, 6.07) is 0.667. The van der Waals surface area contributed by atoms with Crippen LogP contribution in [-0.2, 0) is 0 Å². The maximum Gasteiger partial charge on any atom is 0.0337 e. The molecule has 2 atom stereocenters. The second-order valence-electron chi connectivity index (χ2n) is 7.46. The van der Waals surface area contributed by atoms with Gasteiger partial charge in [0, 0.05) is 23.1 Å². The van der Waals surface area contributed by atoms with Crippen molar-refractivity contribution in [1.82, 2.24) is 5.32 Å². The molecule has 0 aromatic rings. The summed E-state index contributed by atoms with van der Waals surface area (Å²) in [5, 5.41) is 3.91. The highest BCUT2D eigenvalue weighted by Crippen LogP contribution is 2.54. The highest BCUT2D eigenvalue weighted by molar-refractivity contribution is 5.43. The van der Waals surface area contributed by atoms with Gasteiger partial charge in [-0.05, 0) is 44.1 Å². The van der Waals surface area contributed by atoms with Crippen molar-refractivity contribution in [3.8, 4) is 0 Å². The fourth-order valence-corrected chi connectivity index (χ4v) is 4.94. The average Bonchev–Trinajstić information content (AvgIpc) is 2.57. The summed E-state index contributed by atoms with van der Waals surface area (Å²) in [5.41, 5.74) is 3.58. The lowest BCUT2D eigenvalue weighted by Crippen LogP contribution is -2.53. The van der Waals surface area contributed by atoms with Gasteiger partial charge in [0.25, 0.3) is 0 Å². The molecule has 1 saturated heterocycles. The summed E-state index contributed by atoms with van der Waals surface area (Å²) in [5.74, 6) is 0.709. The monoisotopic (exact) mass is 299 g/mol. The molecular formula is C21H33N. The maximum atomic E-state index is 3.91. The van der Waals surface area contributed by atoms with Gasteiger partial charge in [0.1, 0.15) is 0 Å². The molecule has 0 radical (unpaired) electrons. The van der Waals surface area contributed by atoms with Gasteiger partial charge in [0.15, 0.2) is 0 Å². The summed E-state index contributed by atoms with van der Waals surface area (Å²) >= 11 is 0. The lowest BCUT2D eigenvalue weighted by molar-refractivity contribution is 0.136. The molecule has 1 aliphatic heterocycles. The third-order valence-electron chi connectivity index (χ3n) is 6.04. The van der Waals surface area contributed by atoms with Gasteiger partial charge < -0.3 is 5.32 Å². The van der Waals surface area contributed by atoms with Crippen LogP contribution in [-0.4, -0.2) is 6.04 Å². The van der Waals surface area contributed by atoms with Crippen molar-refractivity contribution in [2.45, 2.75) is 84.1 Å². The Morgan fingerprint density at radius 3 is 2.50 bits per heavy atom. The van der Waals surface area contributed by atoms with Crippen LogP contribution in [0.4, 0.5) is 0 Å². The Kier molecular flexibility index (Phi) is 5.10. The van der Waals surface area contributed by atoms with E-state index in [0.717, 1.165) is 0 Å². The largest absolute Gasteiger partial charge is 0.382 e. The molecule has 1 heterocycles. The topological polar surface area (TPSA) is 12.0 Å². The van der Waals surface area contributed by atoms with E-state index < -0.39 is 0 Å². The number of unbranched alkanes of at least 4 members (excludes halogenated alkanes) is 2. The molecular weight excluding hydrogens is 266 g/mol. The van der Waals surface area contributed by atoms with Gasteiger partial charge in [-0.1, -0.05) is 63.8 Å². The number of piperidine rings is 1. The molecule has 1 heteroatoms. The van der Waals surface area contributed by atoms with E-state index in [4.69, 9.17) is 0 Å². The minimum Gasteiger partial charge on any atom is -0.382 e. The van der Waals surface area contributed by atoms with Crippen LogP contribution in [0.15, 0.2) is 35.6 Å². The second-order valence-corrected chi connectivity index (χ2v) is 7.46. The van der Waals surface area contributed by atoms with Crippen LogP contribution >= 0.6 is 0 Å². The van der Waals surface area contributed by atoms with E-state index in [1.807, 2.05) is 0 Å². The Labute approximate surface area is 137 Å². The molecule has 3 rings (SSSR count). The first-order valence-electron chi connectivity index (χ1n) is 9.66. The standard InChI is InChI=1S/C21H33N/c1-3-5-15-21(16-6-4-2)17-11-7-9-13-19(17)22-20-14-10-8-12-18(20)21/h7,11-12,14,17,19,22H,3-6,8-10,13,15-16H2,1-2H3. The van der Waals surface area contributed by atoms with Crippen LogP contribution in [0.1, 0.15) is 78.1 Å². The van der Waals surface area contributed by atoms with Crippen molar-refractivity contribution in [1.29, 1.82) is 0 Å². The van der Waals surface area contributed by atoms with Crippen molar-refractivity contribution in [3.63, 3.8) is 0 Å². The molecule has 0 saturated carbocycles. The van der Waals surface area contributed by atoms with Gasteiger partial charge in [-0.3, -0.25) is 0 Å². The molecule has 0 aromatic heterocycles. The molecule has 2 unspecified atom stereocenters. The molecule has 1 nitrogen and oxygen atoms in total. The van der Waals surface area contributed by atoms with Crippen molar-refractivity contribution >= 4 is 0 Å². The smallest absolute Gasteiger partial charge is 0.0337 e. The normalized spacial score (nSPS) is 29.0. The summed E-state index contributed by atoms with van der Waals surface area (Å²) in [6.07, 6.45) is 23.2. The highest BCUT2D eigenvalue weighted by atomic mass is 15.0. The quantitative estimate of drug-likeness (QED) is 0.602. The lowest BCUT2D eigenvalue weighted by Gasteiger charge is -2.53. The number of rotatable bonds is 6. The van der Waals surface area contributed by atoms with Gasteiger partial charge in [0.2, 0.25) is 0 Å². The fraction of sp³-hybridized carbons (Fsp3) is 0.714. The minimum atomic E-state index is 0.408. The molecule has 1 N–H and O–H groups in total. The van der Waals surface area contributed by atoms with Crippen LogP contribution in [0, 0.1) is 11.3 Å². The van der Waals surface area contributed by atoms with Crippen molar-refractivity contribution < 1.29 is 0 Å². The van der Waals surface area contributed by atoms with E-state index in [2.05, 4.69) is 43.5 Å². The predicted octanol–water partition coefficient (Wildman–Crippen LogP) is 5.90. The molecule has 1 fully saturated rings. The number of hydrogen-bond acceptors (Lipinski definition) is 1. The van der Waals surface area contributed by atoms with E-state index in [1.54, 1.807) is 5.57 Å². The summed E-state index contributed by atoms with van der Waals surface area (Å²) in [6.45, 7) is 4.68.